The minimum atomic E-state index is -0.314. The molecule has 2 aromatic carbocycles. The zero-order chi connectivity index (χ0) is 26.1. The predicted octanol–water partition coefficient (Wildman–Crippen LogP) is 11.1. The molecular weight excluding hydrogens is 453 g/mol. The number of hydrogen-bond acceptors (Lipinski definition) is 1. The van der Waals surface area contributed by atoms with Gasteiger partial charge in [-0.05, 0) is 48.4 Å². The topological polar surface area (TPSA) is 12.9 Å². The second-order valence-electron chi connectivity index (χ2n) is 10.7. The van der Waals surface area contributed by atoms with E-state index in [0.717, 1.165) is 30.4 Å². The van der Waals surface area contributed by atoms with Gasteiger partial charge < -0.3 is 0 Å². The molecule has 2 heteroatoms. The van der Waals surface area contributed by atoms with E-state index in [4.69, 9.17) is 0 Å². The van der Waals surface area contributed by atoms with Crippen LogP contribution in [0.1, 0.15) is 115 Å². The van der Waals surface area contributed by atoms with Gasteiger partial charge in [0.05, 0.1) is 5.69 Å². The van der Waals surface area contributed by atoms with Crippen molar-refractivity contribution < 1.29 is 4.39 Å². The van der Waals surface area contributed by atoms with Crippen molar-refractivity contribution in [3.63, 3.8) is 0 Å². The summed E-state index contributed by atoms with van der Waals surface area (Å²) >= 11 is 0. The van der Waals surface area contributed by atoms with E-state index in [9.17, 15) is 4.39 Å². The van der Waals surface area contributed by atoms with Crippen LogP contribution in [-0.2, 0) is 12.8 Å². The standard InChI is InChI=1S/C35H48FN/c1-3-5-7-9-11-12-14-16-18-33-27-28-34(37-35(33)36)32-25-23-31(24-26-32)30-21-19-29(20-22-30)17-15-13-10-8-6-4-2/h19-28H,3-18H2,1-2H3. The smallest absolute Gasteiger partial charge is 0.216 e. The lowest BCUT2D eigenvalue weighted by molar-refractivity contribution is 0.548. The Morgan fingerprint density at radius 1 is 0.486 bits per heavy atom. The quantitative estimate of drug-likeness (QED) is 0.125. The third kappa shape index (κ3) is 10.4. The Morgan fingerprint density at radius 2 is 0.946 bits per heavy atom. The fourth-order valence-corrected chi connectivity index (χ4v) is 5.07. The van der Waals surface area contributed by atoms with Crippen molar-refractivity contribution in [1.82, 2.24) is 4.98 Å². The molecule has 0 unspecified atom stereocenters. The predicted molar refractivity (Wildman–Crippen MR) is 158 cm³/mol. The van der Waals surface area contributed by atoms with Crippen molar-refractivity contribution in [1.29, 1.82) is 0 Å². The van der Waals surface area contributed by atoms with Crippen LogP contribution in [-0.4, -0.2) is 4.98 Å². The number of aryl methyl sites for hydroxylation is 2. The molecule has 0 saturated carbocycles. The fourth-order valence-electron chi connectivity index (χ4n) is 5.07. The lowest BCUT2D eigenvalue weighted by Crippen LogP contribution is -1.96. The summed E-state index contributed by atoms with van der Waals surface area (Å²) < 4.78 is 14.7. The molecule has 1 heterocycles. The van der Waals surface area contributed by atoms with Gasteiger partial charge in [-0.3, -0.25) is 0 Å². The third-order valence-corrected chi connectivity index (χ3v) is 7.51. The molecule has 0 atom stereocenters. The number of pyridine rings is 1. The van der Waals surface area contributed by atoms with Crippen LogP contribution in [0, 0.1) is 5.95 Å². The first-order valence-electron chi connectivity index (χ1n) is 15.1. The summed E-state index contributed by atoms with van der Waals surface area (Å²) in [5.41, 5.74) is 6.23. The molecule has 0 aliphatic carbocycles. The van der Waals surface area contributed by atoms with Gasteiger partial charge in [0, 0.05) is 11.1 Å². The number of hydrogen-bond donors (Lipinski definition) is 0. The molecule has 0 spiro atoms. The van der Waals surface area contributed by atoms with Gasteiger partial charge in [0.25, 0.3) is 0 Å². The Balaban J connectivity index is 1.46. The Bertz CT molecular complexity index is 1010. The highest BCUT2D eigenvalue weighted by Gasteiger charge is 2.08. The highest BCUT2D eigenvalue weighted by molar-refractivity contribution is 5.69. The molecule has 0 radical (unpaired) electrons. The molecule has 0 amide bonds. The van der Waals surface area contributed by atoms with E-state index >= 15 is 0 Å². The van der Waals surface area contributed by atoms with Gasteiger partial charge in [0.2, 0.25) is 5.95 Å². The van der Waals surface area contributed by atoms with E-state index < -0.39 is 0 Å². The van der Waals surface area contributed by atoms with Crippen molar-refractivity contribution in [3.05, 3.63) is 77.7 Å². The minimum absolute atomic E-state index is 0.314. The van der Waals surface area contributed by atoms with Crippen LogP contribution in [0.15, 0.2) is 60.7 Å². The molecule has 0 N–H and O–H groups in total. The fraction of sp³-hybridized carbons (Fsp3) is 0.514. The van der Waals surface area contributed by atoms with Crippen molar-refractivity contribution in [2.24, 2.45) is 0 Å². The number of benzene rings is 2. The molecule has 200 valence electrons. The molecule has 1 nitrogen and oxygen atoms in total. The Labute approximate surface area is 225 Å². The maximum Gasteiger partial charge on any atom is 0.216 e. The Hall–Kier alpha value is -2.48. The number of rotatable bonds is 18. The van der Waals surface area contributed by atoms with E-state index in [0.29, 0.717) is 5.69 Å². The van der Waals surface area contributed by atoms with Crippen LogP contribution in [0.25, 0.3) is 22.4 Å². The number of halogens is 1. The van der Waals surface area contributed by atoms with Gasteiger partial charge in [-0.2, -0.15) is 4.39 Å². The molecular formula is C35H48FN. The highest BCUT2D eigenvalue weighted by atomic mass is 19.1. The number of aromatic nitrogens is 1. The zero-order valence-corrected chi connectivity index (χ0v) is 23.4. The van der Waals surface area contributed by atoms with E-state index in [1.165, 1.54) is 100 Å². The molecule has 0 aliphatic heterocycles. The average Bonchev–Trinajstić information content (AvgIpc) is 2.93. The summed E-state index contributed by atoms with van der Waals surface area (Å²) in [5, 5.41) is 0. The van der Waals surface area contributed by atoms with Gasteiger partial charge in [0.15, 0.2) is 0 Å². The number of nitrogens with zero attached hydrogens (tertiary/aromatic N) is 1. The molecule has 0 fully saturated rings. The van der Waals surface area contributed by atoms with Crippen molar-refractivity contribution in [2.45, 2.75) is 117 Å². The molecule has 3 rings (SSSR count). The summed E-state index contributed by atoms with van der Waals surface area (Å²) in [5.74, 6) is -0.314. The largest absolute Gasteiger partial charge is 0.219 e. The molecule has 0 aliphatic rings. The second kappa shape index (κ2) is 17.1. The van der Waals surface area contributed by atoms with Gasteiger partial charge in [0.1, 0.15) is 0 Å². The maximum atomic E-state index is 14.7. The lowest BCUT2D eigenvalue weighted by atomic mass is 9.99. The average molecular weight is 502 g/mol. The van der Waals surface area contributed by atoms with Crippen LogP contribution in [0.3, 0.4) is 0 Å². The van der Waals surface area contributed by atoms with E-state index in [1.807, 2.05) is 12.1 Å². The molecule has 0 saturated heterocycles. The van der Waals surface area contributed by atoms with Gasteiger partial charge >= 0.3 is 0 Å². The first-order valence-corrected chi connectivity index (χ1v) is 15.1. The molecule has 37 heavy (non-hydrogen) atoms. The normalized spacial score (nSPS) is 11.2. The molecule has 1 aromatic heterocycles. The van der Waals surface area contributed by atoms with E-state index in [-0.39, 0.29) is 5.95 Å². The summed E-state index contributed by atoms with van der Waals surface area (Å²) in [6, 6.07) is 21.2. The lowest BCUT2D eigenvalue weighted by Gasteiger charge is -2.08. The van der Waals surface area contributed by atoms with Crippen LogP contribution in [0.4, 0.5) is 4.39 Å². The van der Waals surface area contributed by atoms with Gasteiger partial charge in [-0.1, -0.05) is 145 Å². The van der Waals surface area contributed by atoms with Crippen LogP contribution >= 0.6 is 0 Å². The summed E-state index contributed by atoms with van der Waals surface area (Å²) in [7, 11) is 0. The summed E-state index contributed by atoms with van der Waals surface area (Å²) in [6.07, 6.45) is 20.1. The van der Waals surface area contributed by atoms with E-state index in [1.54, 1.807) is 0 Å². The summed E-state index contributed by atoms with van der Waals surface area (Å²) in [4.78, 5) is 4.29. The monoisotopic (exact) mass is 501 g/mol. The second-order valence-corrected chi connectivity index (χ2v) is 10.7. The van der Waals surface area contributed by atoms with Crippen LogP contribution in [0.5, 0.6) is 0 Å². The number of unbranched alkanes of at least 4 members (excludes halogenated alkanes) is 12. The summed E-state index contributed by atoms with van der Waals surface area (Å²) in [6.45, 7) is 4.52. The van der Waals surface area contributed by atoms with Crippen molar-refractivity contribution in [2.75, 3.05) is 0 Å². The Kier molecular flexibility index (Phi) is 13.4. The van der Waals surface area contributed by atoms with Gasteiger partial charge in [-0.15, -0.1) is 0 Å². The first-order chi connectivity index (χ1) is 18.2. The molecule has 3 aromatic rings. The molecule has 0 bridgehead atoms. The SMILES string of the molecule is CCCCCCCCCCc1ccc(-c2ccc(-c3ccc(CCCCCCCC)cc3)cc2)nc1F. The van der Waals surface area contributed by atoms with Crippen molar-refractivity contribution >= 4 is 0 Å². The van der Waals surface area contributed by atoms with Crippen LogP contribution in [0.2, 0.25) is 0 Å². The minimum Gasteiger partial charge on any atom is -0.219 e. The highest BCUT2D eigenvalue weighted by Crippen LogP contribution is 2.26. The third-order valence-electron chi connectivity index (χ3n) is 7.51. The zero-order valence-electron chi connectivity index (χ0n) is 23.4. The van der Waals surface area contributed by atoms with Gasteiger partial charge in [-0.25, -0.2) is 4.98 Å². The Morgan fingerprint density at radius 3 is 1.49 bits per heavy atom. The van der Waals surface area contributed by atoms with E-state index in [2.05, 4.69) is 67.4 Å². The first kappa shape index (κ1) is 29.1. The van der Waals surface area contributed by atoms with Crippen LogP contribution < -0.4 is 0 Å². The van der Waals surface area contributed by atoms with Crippen molar-refractivity contribution in [3.8, 4) is 22.4 Å². The maximum absolute atomic E-state index is 14.7.